The number of aliphatic hydroxyl groups is 1. The molecule has 1 aliphatic carbocycles. The highest BCUT2D eigenvalue weighted by Crippen LogP contribution is 2.37. The highest BCUT2D eigenvalue weighted by molar-refractivity contribution is 7.39. The number of ether oxygens (including phenoxy) is 2. The van der Waals surface area contributed by atoms with Gasteiger partial charge >= 0.3 is 0 Å². The smallest absolute Gasteiger partial charge is 0.220 e. The van der Waals surface area contributed by atoms with Gasteiger partial charge in [-0.05, 0) is 48.8 Å². The number of carbonyl (C=O) groups excluding carboxylic acids is 1. The van der Waals surface area contributed by atoms with E-state index in [-0.39, 0.29) is 11.9 Å². The first-order valence-corrected chi connectivity index (χ1v) is 17.1. The molecule has 1 saturated carbocycles. The van der Waals surface area contributed by atoms with Crippen molar-refractivity contribution >= 4 is 14.5 Å². The summed E-state index contributed by atoms with van der Waals surface area (Å²) in [4.78, 5) is 12.9. The van der Waals surface area contributed by atoms with E-state index in [9.17, 15) is 9.90 Å². The van der Waals surface area contributed by atoms with Crippen molar-refractivity contribution in [2.45, 2.75) is 140 Å². The number of aliphatic hydroxyl groups excluding tert-OH is 1. The van der Waals surface area contributed by atoms with Gasteiger partial charge < -0.3 is 19.9 Å². The van der Waals surface area contributed by atoms with Gasteiger partial charge in [-0.15, -0.1) is 8.58 Å². The van der Waals surface area contributed by atoms with Gasteiger partial charge in [-0.1, -0.05) is 103 Å². The summed E-state index contributed by atoms with van der Waals surface area (Å²) in [7, 11) is 0.780. The molecule has 3 unspecified atom stereocenters. The van der Waals surface area contributed by atoms with Crippen molar-refractivity contribution in [3.8, 4) is 11.5 Å². The molecule has 1 aliphatic heterocycles. The molecule has 2 N–H and O–H groups in total. The Morgan fingerprint density at radius 2 is 1.47 bits per heavy atom. The summed E-state index contributed by atoms with van der Waals surface area (Å²) in [5.74, 6) is 1.48. The van der Waals surface area contributed by atoms with Crippen LogP contribution in [0, 0.1) is 0 Å². The lowest BCUT2D eigenvalue weighted by atomic mass is 10.0. The summed E-state index contributed by atoms with van der Waals surface area (Å²) >= 11 is 0. The van der Waals surface area contributed by atoms with Gasteiger partial charge in [0, 0.05) is 6.42 Å². The molecule has 3 atom stereocenters. The Morgan fingerprint density at radius 1 is 0.895 bits per heavy atom. The minimum Gasteiger partial charge on any atom is -0.486 e. The van der Waals surface area contributed by atoms with E-state index in [1.807, 2.05) is 18.2 Å². The Bertz CT molecular complexity index is 783. The molecule has 5 nitrogen and oxygen atoms in total. The number of amides is 1. The van der Waals surface area contributed by atoms with Crippen LogP contribution in [0.25, 0.3) is 0 Å². The second-order valence-electron chi connectivity index (χ2n) is 11.4. The first kappa shape index (κ1) is 31.2. The molecule has 0 spiro atoms. The van der Waals surface area contributed by atoms with Crippen molar-refractivity contribution < 1.29 is 19.4 Å². The lowest BCUT2D eigenvalue weighted by Crippen LogP contribution is -2.41. The van der Waals surface area contributed by atoms with Crippen LogP contribution in [0.15, 0.2) is 18.2 Å². The number of benzene rings is 1. The zero-order valence-electron chi connectivity index (χ0n) is 24.0. The molecule has 1 amide bonds. The highest BCUT2D eigenvalue weighted by atomic mass is 31.1. The maximum atomic E-state index is 12.9. The van der Waals surface area contributed by atoms with Crippen molar-refractivity contribution in [2.75, 3.05) is 19.4 Å². The van der Waals surface area contributed by atoms with Crippen molar-refractivity contribution in [2.24, 2.45) is 0 Å². The zero-order valence-corrected chi connectivity index (χ0v) is 25.0. The second kappa shape index (κ2) is 18.9. The predicted molar refractivity (Wildman–Crippen MR) is 160 cm³/mol. The molecule has 0 aromatic heterocycles. The SMILES string of the molecule is CCCCCCCCCCCCCCCC(=O)NC(CPC1CCCC1)C(O)c1ccc2c(c1)OCCO2. The van der Waals surface area contributed by atoms with Gasteiger partial charge in [-0.25, -0.2) is 0 Å². The largest absolute Gasteiger partial charge is 0.486 e. The van der Waals surface area contributed by atoms with Crippen LogP contribution in [0.4, 0.5) is 0 Å². The Hall–Kier alpha value is -1.32. The molecule has 38 heavy (non-hydrogen) atoms. The van der Waals surface area contributed by atoms with Crippen LogP contribution < -0.4 is 14.8 Å². The lowest BCUT2D eigenvalue weighted by molar-refractivity contribution is -0.122. The number of fused-ring (bicyclic) bond motifs is 1. The fourth-order valence-electron chi connectivity index (χ4n) is 5.72. The van der Waals surface area contributed by atoms with E-state index in [4.69, 9.17) is 9.47 Å². The topological polar surface area (TPSA) is 67.8 Å². The van der Waals surface area contributed by atoms with Crippen molar-refractivity contribution in [1.29, 1.82) is 0 Å². The summed E-state index contributed by atoms with van der Waals surface area (Å²) in [5, 5.41) is 14.5. The van der Waals surface area contributed by atoms with Crippen molar-refractivity contribution in [3.63, 3.8) is 0 Å². The Morgan fingerprint density at radius 3 is 2.11 bits per heavy atom. The van der Waals surface area contributed by atoms with Crippen LogP contribution in [0.5, 0.6) is 11.5 Å². The quantitative estimate of drug-likeness (QED) is 0.128. The minimum absolute atomic E-state index is 0.0749. The predicted octanol–water partition coefficient (Wildman–Crippen LogP) is 8.08. The van der Waals surface area contributed by atoms with Crippen LogP contribution in [0.2, 0.25) is 0 Å². The number of carbonyl (C=O) groups is 1. The van der Waals surface area contributed by atoms with E-state index in [0.29, 0.717) is 25.4 Å². The van der Waals surface area contributed by atoms with E-state index in [1.165, 1.54) is 96.3 Å². The normalized spacial score (nSPS) is 17.2. The summed E-state index contributed by atoms with van der Waals surface area (Å²) in [6.45, 7) is 3.35. The van der Waals surface area contributed by atoms with E-state index < -0.39 is 6.10 Å². The fraction of sp³-hybridized carbons (Fsp3) is 0.781. The molecule has 1 heterocycles. The molecular weight excluding hydrogens is 493 g/mol. The monoisotopic (exact) mass is 547 g/mol. The van der Waals surface area contributed by atoms with Crippen LogP contribution in [-0.2, 0) is 4.79 Å². The summed E-state index contributed by atoms with van der Waals surface area (Å²) < 4.78 is 11.4. The van der Waals surface area contributed by atoms with Gasteiger partial charge in [-0.2, -0.15) is 0 Å². The van der Waals surface area contributed by atoms with Gasteiger partial charge in [0.1, 0.15) is 13.2 Å². The van der Waals surface area contributed by atoms with Crippen LogP contribution >= 0.6 is 8.58 Å². The molecule has 1 aromatic rings. The van der Waals surface area contributed by atoms with Crippen LogP contribution in [0.3, 0.4) is 0 Å². The maximum absolute atomic E-state index is 12.9. The lowest BCUT2D eigenvalue weighted by Gasteiger charge is -2.27. The van der Waals surface area contributed by atoms with Crippen molar-refractivity contribution in [1.82, 2.24) is 5.32 Å². The third-order valence-electron chi connectivity index (χ3n) is 8.12. The number of rotatable bonds is 20. The van der Waals surface area contributed by atoms with Crippen LogP contribution in [-0.4, -0.2) is 42.1 Å². The molecule has 0 bridgehead atoms. The van der Waals surface area contributed by atoms with E-state index >= 15 is 0 Å². The van der Waals surface area contributed by atoms with Gasteiger partial charge in [0.25, 0.3) is 0 Å². The van der Waals surface area contributed by atoms with Gasteiger partial charge in [0.2, 0.25) is 5.91 Å². The molecule has 0 saturated heterocycles. The van der Waals surface area contributed by atoms with Gasteiger partial charge in [0.05, 0.1) is 12.1 Å². The number of hydrogen-bond donors (Lipinski definition) is 2. The third kappa shape index (κ3) is 11.8. The Kier molecular flexibility index (Phi) is 15.5. The summed E-state index contributed by atoms with van der Waals surface area (Å²) in [5.41, 5.74) is 1.54. The third-order valence-corrected chi connectivity index (χ3v) is 9.95. The number of hydrogen-bond acceptors (Lipinski definition) is 4. The molecule has 6 heteroatoms. The Balaban J connectivity index is 1.34. The summed E-state index contributed by atoms with van der Waals surface area (Å²) in [6.07, 6.45) is 22.8. The van der Waals surface area contributed by atoms with E-state index in [1.54, 1.807) is 0 Å². The van der Waals surface area contributed by atoms with Gasteiger partial charge in [0.15, 0.2) is 11.5 Å². The zero-order chi connectivity index (χ0) is 26.8. The fourth-order valence-corrected chi connectivity index (χ4v) is 7.45. The molecule has 216 valence electrons. The number of nitrogens with one attached hydrogen (secondary N) is 1. The standard InChI is InChI=1S/C32H54NO4P/c1-2-3-4-5-6-7-8-9-10-11-12-13-14-19-31(34)33-28(25-38-27-17-15-16-18-27)32(35)26-20-21-29-30(24-26)37-23-22-36-29/h20-21,24,27-28,32,35,38H,2-19,22-23,25H2,1H3,(H,33,34). The van der Waals surface area contributed by atoms with Gasteiger partial charge in [-0.3, -0.25) is 4.79 Å². The molecule has 3 rings (SSSR count). The average molecular weight is 548 g/mol. The van der Waals surface area contributed by atoms with E-state index in [0.717, 1.165) is 44.6 Å². The minimum atomic E-state index is -0.740. The Labute approximate surface area is 234 Å². The molecular formula is C32H54NO4P. The first-order valence-electron chi connectivity index (χ1n) is 15.8. The molecule has 2 aliphatic rings. The molecule has 0 radical (unpaired) electrons. The molecule has 1 fully saturated rings. The average Bonchev–Trinajstić information content (AvgIpc) is 3.46. The van der Waals surface area contributed by atoms with Crippen molar-refractivity contribution in [3.05, 3.63) is 23.8 Å². The maximum Gasteiger partial charge on any atom is 0.220 e. The number of unbranched alkanes of at least 4 members (excludes halogenated alkanes) is 12. The summed E-state index contributed by atoms with van der Waals surface area (Å²) in [6, 6.07) is 5.40. The highest BCUT2D eigenvalue weighted by Gasteiger charge is 2.26. The second-order valence-corrected chi connectivity index (χ2v) is 13.0. The first-order chi connectivity index (χ1) is 18.7. The molecule has 1 aromatic carbocycles. The van der Waals surface area contributed by atoms with Crippen LogP contribution in [0.1, 0.15) is 134 Å². The van der Waals surface area contributed by atoms with E-state index in [2.05, 4.69) is 12.2 Å².